The van der Waals surface area contributed by atoms with Crippen molar-refractivity contribution in [3.8, 4) is 11.3 Å². The van der Waals surface area contributed by atoms with E-state index in [-0.39, 0.29) is 5.91 Å². The van der Waals surface area contributed by atoms with Crippen LogP contribution in [-0.2, 0) is 11.2 Å². The third-order valence-electron chi connectivity index (χ3n) is 3.05. The summed E-state index contributed by atoms with van der Waals surface area (Å²) in [6, 6.07) is 7.74. The van der Waals surface area contributed by atoms with E-state index in [1.165, 1.54) is 11.3 Å². The Morgan fingerprint density at radius 3 is 2.59 bits per heavy atom. The number of nitrogens with zero attached hydrogens (tertiary/aromatic N) is 3. The number of carbonyl (C=O) groups is 1. The van der Waals surface area contributed by atoms with Crippen LogP contribution in [0.4, 0.5) is 5.13 Å². The molecule has 0 aliphatic carbocycles. The smallest absolute Gasteiger partial charge is 0.230 e. The van der Waals surface area contributed by atoms with E-state index in [0.29, 0.717) is 11.6 Å². The number of hydrogen-bond acceptors (Lipinski definition) is 5. The van der Waals surface area contributed by atoms with Gasteiger partial charge in [0.05, 0.1) is 18.3 Å². The average molecular weight is 310 g/mol. The quantitative estimate of drug-likeness (QED) is 0.804. The SMILES string of the molecule is Cc1cnc(NC(=O)Cc2ccc(-c3cnccn3)cc2)s1. The third-order valence-corrected chi connectivity index (χ3v) is 3.87. The second kappa shape index (κ2) is 6.44. The van der Waals surface area contributed by atoms with Crippen LogP contribution in [-0.4, -0.2) is 20.9 Å². The lowest BCUT2D eigenvalue weighted by Gasteiger charge is -2.04. The average Bonchev–Trinajstić information content (AvgIpc) is 2.94. The summed E-state index contributed by atoms with van der Waals surface area (Å²) >= 11 is 1.47. The summed E-state index contributed by atoms with van der Waals surface area (Å²) < 4.78 is 0. The molecule has 2 heterocycles. The van der Waals surface area contributed by atoms with Crippen molar-refractivity contribution in [2.75, 3.05) is 5.32 Å². The molecule has 0 fully saturated rings. The molecule has 0 atom stereocenters. The number of hydrogen-bond donors (Lipinski definition) is 1. The van der Waals surface area contributed by atoms with Gasteiger partial charge in [-0.25, -0.2) is 4.98 Å². The Bertz CT molecular complexity index is 768. The molecule has 0 aliphatic rings. The van der Waals surface area contributed by atoms with Gasteiger partial charge in [-0.3, -0.25) is 14.8 Å². The number of rotatable bonds is 4. The molecule has 1 amide bonds. The van der Waals surface area contributed by atoms with E-state index >= 15 is 0 Å². The van der Waals surface area contributed by atoms with Crippen molar-refractivity contribution in [3.63, 3.8) is 0 Å². The summed E-state index contributed by atoms with van der Waals surface area (Å²) in [5, 5.41) is 3.44. The van der Waals surface area contributed by atoms with Gasteiger partial charge in [0.15, 0.2) is 5.13 Å². The predicted octanol–water partition coefficient (Wildman–Crippen LogP) is 3.09. The standard InChI is InChI=1S/C16H14N4OS/c1-11-9-19-16(22-11)20-15(21)8-12-2-4-13(5-3-12)14-10-17-6-7-18-14/h2-7,9-10H,8H2,1H3,(H,19,20,21). The van der Waals surface area contributed by atoms with E-state index in [4.69, 9.17) is 0 Å². The number of nitrogens with one attached hydrogen (secondary N) is 1. The van der Waals surface area contributed by atoms with E-state index in [2.05, 4.69) is 20.3 Å². The first kappa shape index (κ1) is 14.3. The molecule has 0 spiro atoms. The summed E-state index contributed by atoms with van der Waals surface area (Å²) in [6.45, 7) is 1.96. The van der Waals surface area contributed by atoms with Gasteiger partial charge in [0.1, 0.15) is 0 Å². The highest BCUT2D eigenvalue weighted by Gasteiger charge is 2.07. The van der Waals surface area contributed by atoms with Gasteiger partial charge in [0.2, 0.25) is 5.91 Å². The lowest BCUT2D eigenvalue weighted by atomic mass is 10.1. The second-order valence-corrected chi connectivity index (χ2v) is 6.02. The molecule has 3 aromatic rings. The van der Waals surface area contributed by atoms with Gasteiger partial charge in [0, 0.05) is 29.0 Å². The zero-order valence-corrected chi connectivity index (χ0v) is 12.8. The first-order chi connectivity index (χ1) is 10.7. The number of carbonyl (C=O) groups excluding carboxylic acids is 1. The fourth-order valence-electron chi connectivity index (χ4n) is 2.00. The molecule has 1 N–H and O–H groups in total. The van der Waals surface area contributed by atoms with Crippen LogP contribution in [0, 0.1) is 6.92 Å². The lowest BCUT2D eigenvalue weighted by molar-refractivity contribution is -0.115. The Kier molecular flexibility index (Phi) is 4.20. The second-order valence-electron chi connectivity index (χ2n) is 4.79. The van der Waals surface area contributed by atoms with Crippen LogP contribution in [0.25, 0.3) is 11.3 Å². The molecule has 22 heavy (non-hydrogen) atoms. The number of amides is 1. The molecule has 0 unspecified atom stereocenters. The van der Waals surface area contributed by atoms with E-state index < -0.39 is 0 Å². The number of benzene rings is 1. The number of thiazole rings is 1. The van der Waals surface area contributed by atoms with Gasteiger partial charge < -0.3 is 5.32 Å². The fourth-order valence-corrected chi connectivity index (χ4v) is 2.68. The van der Waals surface area contributed by atoms with Crippen LogP contribution < -0.4 is 5.32 Å². The van der Waals surface area contributed by atoms with E-state index in [1.54, 1.807) is 24.8 Å². The Labute approximate surface area is 132 Å². The maximum atomic E-state index is 12.0. The maximum absolute atomic E-state index is 12.0. The Balaban J connectivity index is 1.65. The summed E-state index contributed by atoms with van der Waals surface area (Å²) in [5.41, 5.74) is 2.74. The maximum Gasteiger partial charge on any atom is 0.230 e. The minimum Gasteiger partial charge on any atom is -0.302 e. The molecule has 0 saturated heterocycles. The number of aryl methyl sites for hydroxylation is 1. The van der Waals surface area contributed by atoms with Crippen molar-refractivity contribution in [1.82, 2.24) is 15.0 Å². The monoisotopic (exact) mass is 310 g/mol. The zero-order chi connectivity index (χ0) is 15.4. The van der Waals surface area contributed by atoms with E-state index in [1.807, 2.05) is 31.2 Å². The lowest BCUT2D eigenvalue weighted by Crippen LogP contribution is -2.14. The van der Waals surface area contributed by atoms with Crippen LogP contribution in [0.15, 0.2) is 49.1 Å². The van der Waals surface area contributed by atoms with Gasteiger partial charge in [-0.05, 0) is 12.5 Å². The highest BCUT2D eigenvalue weighted by Crippen LogP contribution is 2.18. The van der Waals surface area contributed by atoms with Gasteiger partial charge in [-0.2, -0.15) is 0 Å². The molecule has 6 heteroatoms. The van der Waals surface area contributed by atoms with Gasteiger partial charge in [0.25, 0.3) is 0 Å². The Hall–Kier alpha value is -2.60. The van der Waals surface area contributed by atoms with Crippen molar-refractivity contribution in [2.24, 2.45) is 0 Å². The van der Waals surface area contributed by atoms with Gasteiger partial charge >= 0.3 is 0 Å². The van der Waals surface area contributed by atoms with Crippen LogP contribution in [0.5, 0.6) is 0 Å². The van der Waals surface area contributed by atoms with Crippen LogP contribution in [0.3, 0.4) is 0 Å². The first-order valence-electron chi connectivity index (χ1n) is 6.78. The minimum atomic E-state index is -0.0680. The molecule has 0 saturated carbocycles. The molecule has 3 rings (SSSR count). The van der Waals surface area contributed by atoms with Crippen LogP contribution in [0.1, 0.15) is 10.4 Å². The summed E-state index contributed by atoms with van der Waals surface area (Å²) in [5.74, 6) is -0.0680. The van der Waals surface area contributed by atoms with Crippen molar-refractivity contribution < 1.29 is 4.79 Å². The van der Waals surface area contributed by atoms with E-state index in [0.717, 1.165) is 21.7 Å². The zero-order valence-electron chi connectivity index (χ0n) is 12.0. The Morgan fingerprint density at radius 2 is 1.95 bits per heavy atom. The molecular weight excluding hydrogens is 296 g/mol. The molecular formula is C16H14N4OS. The number of aromatic nitrogens is 3. The van der Waals surface area contributed by atoms with Gasteiger partial charge in [-0.15, -0.1) is 11.3 Å². The molecule has 2 aromatic heterocycles. The molecule has 1 aromatic carbocycles. The third kappa shape index (κ3) is 3.53. The molecule has 5 nitrogen and oxygen atoms in total. The van der Waals surface area contributed by atoms with E-state index in [9.17, 15) is 4.79 Å². The predicted molar refractivity (Wildman–Crippen MR) is 86.7 cm³/mol. The topological polar surface area (TPSA) is 67.8 Å². The van der Waals surface area contributed by atoms with Gasteiger partial charge in [-0.1, -0.05) is 24.3 Å². The summed E-state index contributed by atoms with van der Waals surface area (Å²) in [7, 11) is 0. The van der Waals surface area contributed by atoms with Crippen molar-refractivity contribution >= 4 is 22.4 Å². The number of anilines is 1. The minimum absolute atomic E-state index is 0.0680. The molecule has 0 radical (unpaired) electrons. The van der Waals surface area contributed by atoms with Crippen LogP contribution >= 0.6 is 11.3 Å². The largest absolute Gasteiger partial charge is 0.302 e. The molecule has 0 bridgehead atoms. The summed E-state index contributed by atoms with van der Waals surface area (Å²) in [6.07, 6.45) is 7.08. The first-order valence-corrected chi connectivity index (χ1v) is 7.60. The van der Waals surface area contributed by atoms with Crippen LogP contribution in [0.2, 0.25) is 0 Å². The fraction of sp³-hybridized carbons (Fsp3) is 0.125. The molecule has 0 aliphatic heterocycles. The Morgan fingerprint density at radius 1 is 1.14 bits per heavy atom. The highest BCUT2D eigenvalue weighted by molar-refractivity contribution is 7.15. The highest BCUT2D eigenvalue weighted by atomic mass is 32.1. The van der Waals surface area contributed by atoms with Crippen molar-refractivity contribution in [1.29, 1.82) is 0 Å². The summed E-state index contributed by atoms with van der Waals surface area (Å²) in [4.78, 5) is 25.5. The van der Waals surface area contributed by atoms with Crippen molar-refractivity contribution in [2.45, 2.75) is 13.3 Å². The normalized spacial score (nSPS) is 10.4. The van der Waals surface area contributed by atoms with Crippen molar-refractivity contribution in [3.05, 3.63) is 59.5 Å². The molecule has 110 valence electrons.